The number of aromatic nitrogens is 1. The molecule has 0 bridgehead atoms. The van der Waals surface area contributed by atoms with Crippen LogP contribution in [0.3, 0.4) is 0 Å². The number of thioether (sulfide) groups is 2. The van der Waals surface area contributed by atoms with Crippen LogP contribution in [0.15, 0.2) is 40.9 Å². The zero-order chi connectivity index (χ0) is 41.2. The van der Waals surface area contributed by atoms with Gasteiger partial charge in [-0.25, -0.2) is 14.0 Å². The number of benzene rings is 2. The first-order chi connectivity index (χ1) is 26.3. The summed E-state index contributed by atoms with van der Waals surface area (Å²) in [5, 5.41) is 27.2. The topological polar surface area (TPSA) is 218 Å². The van der Waals surface area contributed by atoms with Crippen LogP contribution in [0.4, 0.5) is 4.39 Å². The molecule has 1 aromatic heterocycles. The fourth-order valence-corrected chi connectivity index (χ4v) is 10.8. The maximum atomic E-state index is 14.4. The Hall–Kier alpha value is -5.01. The molecule has 56 heavy (non-hydrogen) atoms. The van der Waals surface area contributed by atoms with Gasteiger partial charge in [0.2, 0.25) is 11.8 Å². The molecule has 3 aromatic rings. The van der Waals surface area contributed by atoms with Crippen molar-refractivity contribution in [3.05, 3.63) is 64.1 Å². The second kappa shape index (κ2) is 14.8. The Balaban J connectivity index is 0.000000192. The molecule has 4 N–H and O–H groups in total. The summed E-state index contributed by atoms with van der Waals surface area (Å²) in [7, 11) is 2.88. The van der Waals surface area contributed by atoms with Crippen molar-refractivity contribution >= 4 is 70.7 Å². The van der Waals surface area contributed by atoms with Crippen LogP contribution in [0.1, 0.15) is 54.2 Å². The van der Waals surface area contributed by atoms with Gasteiger partial charge in [0.1, 0.15) is 74.8 Å². The van der Waals surface area contributed by atoms with Crippen molar-refractivity contribution < 1.29 is 57.4 Å². The summed E-state index contributed by atoms with van der Waals surface area (Å²) in [5.74, 6) is -4.11. The quantitative estimate of drug-likeness (QED) is 0.227. The number of ether oxygens (including phenoxy) is 2. The van der Waals surface area contributed by atoms with Crippen LogP contribution in [-0.4, -0.2) is 119 Å². The number of carbonyl (C=O) groups excluding carboxylic acids is 4. The molecule has 4 fully saturated rings. The van der Waals surface area contributed by atoms with Gasteiger partial charge in [0.15, 0.2) is 0 Å². The number of aryl methyl sites for hydroxylation is 1. The molecule has 4 amide bonds. The van der Waals surface area contributed by atoms with Crippen LogP contribution >= 0.6 is 35.1 Å². The number of nitrogens with one attached hydrogen (secondary N) is 2. The minimum absolute atomic E-state index is 0.0368. The Morgan fingerprint density at radius 3 is 1.70 bits per heavy atom. The number of hydrogen-bond acceptors (Lipinski definition) is 12. The Morgan fingerprint density at radius 2 is 1.27 bits per heavy atom. The minimum atomic E-state index is -1.10. The summed E-state index contributed by atoms with van der Waals surface area (Å²) in [6, 6.07) is 5.41. The number of rotatable bonds is 9. The molecule has 6 atom stereocenters. The van der Waals surface area contributed by atoms with Gasteiger partial charge in [0.25, 0.3) is 11.8 Å². The first-order valence-corrected chi connectivity index (χ1v) is 19.1. The number of aliphatic carboxylic acids is 2. The molecule has 0 saturated carbocycles. The van der Waals surface area contributed by atoms with Gasteiger partial charge in [-0.05, 0) is 58.9 Å². The van der Waals surface area contributed by atoms with E-state index in [0.717, 1.165) is 0 Å². The third-order valence-electron chi connectivity index (χ3n) is 9.87. The lowest BCUT2D eigenvalue weighted by Crippen LogP contribution is -2.70. The Labute approximate surface area is 332 Å². The van der Waals surface area contributed by atoms with Crippen molar-refractivity contribution in [2.75, 3.05) is 14.2 Å². The largest absolute Gasteiger partial charge is 0.496 e. The van der Waals surface area contributed by atoms with Crippen molar-refractivity contribution in [2.24, 2.45) is 0 Å². The molecular weight excluding hydrogens is 797 g/mol. The number of halogens is 2. The number of carbonyl (C=O) groups is 6. The van der Waals surface area contributed by atoms with Crippen molar-refractivity contribution in [2.45, 2.75) is 79.0 Å². The lowest BCUT2D eigenvalue weighted by Gasteiger charge is -2.43. The highest BCUT2D eigenvalue weighted by Gasteiger charge is 2.65. The van der Waals surface area contributed by atoms with E-state index < -0.39 is 85.8 Å². The van der Waals surface area contributed by atoms with Gasteiger partial charge in [-0.15, -0.1) is 23.5 Å². The summed E-state index contributed by atoms with van der Waals surface area (Å²) < 4.78 is 28.5. The Morgan fingerprint density at radius 1 is 0.821 bits per heavy atom. The summed E-state index contributed by atoms with van der Waals surface area (Å²) >= 11 is 8.77. The van der Waals surface area contributed by atoms with Crippen LogP contribution < -0.4 is 20.1 Å². The number of carboxylic acid groups (broad SMARTS) is 2. The molecule has 4 aliphatic rings. The molecule has 2 aromatic carbocycles. The predicted molar refractivity (Wildman–Crippen MR) is 201 cm³/mol. The second-order valence-electron chi connectivity index (χ2n) is 14.2. The zero-order valence-electron chi connectivity index (χ0n) is 30.9. The van der Waals surface area contributed by atoms with Crippen LogP contribution in [0, 0.1) is 12.7 Å². The zero-order valence-corrected chi connectivity index (χ0v) is 33.3. The van der Waals surface area contributed by atoms with Crippen LogP contribution in [0.2, 0.25) is 5.02 Å². The molecule has 7 rings (SSSR count). The van der Waals surface area contributed by atoms with E-state index in [1.54, 1.807) is 45.9 Å². The molecule has 0 unspecified atom stereocenters. The van der Waals surface area contributed by atoms with Crippen molar-refractivity contribution in [1.29, 1.82) is 0 Å². The molecular formula is C36H37ClFN5O11S2. The number of fused-ring (bicyclic) bond motifs is 2. The highest BCUT2D eigenvalue weighted by atomic mass is 35.5. The molecule has 20 heteroatoms. The SMILES string of the molecule is COc1cccc(OC)c1C(=O)N[C@@H]1C(=O)N2[C@@H]1SC(C)(C)[C@@H]2C(=O)O.Cc1onc(-c2c(F)cccc2Cl)c1C(=O)N[C@@H]1C(=O)N2[C@@H]1SC(C)(C)[C@@H]2C(=O)O. The van der Waals surface area contributed by atoms with Crippen molar-refractivity contribution in [3.63, 3.8) is 0 Å². The third-order valence-corrected chi connectivity index (χ3v) is 13.3. The van der Waals surface area contributed by atoms with E-state index in [1.165, 1.54) is 72.7 Å². The van der Waals surface area contributed by atoms with Gasteiger partial charge in [0, 0.05) is 9.49 Å². The lowest BCUT2D eigenvalue weighted by atomic mass is 9.95. The van der Waals surface area contributed by atoms with Gasteiger partial charge >= 0.3 is 11.9 Å². The first-order valence-electron chi connectivity index (χ1n) is 17.0. The molecule has 5 heterocycles. The van der Waals surface area contributed by atoms with Gasteiger partial charge in [-0.3, -0.25) is 19.2 Å². The van der Waals surface area contributed by atoms with Crippen LogP contribution in [0.5, 0.6) is 11.5 Å². The maximum absolute atomic E-state index is 14.4. The van der Waals surface area contributed by atoms with Crippen LogP contribution in [-0.2, 0) is 19.2 Å². The summed E-state index contributed by atoms with van der Waals surface area (Å²) in [6.45, 7) is 8.53. The summed E-state index contributed by atoms with van der Waals surface area (Å²) in [6.07, 6.45) is 0. The number of methoxy groups -OCH3 is 2. The predicted octanol–water partition coefficient (Wildman–Crippen LogP) is 3.64. The van der Waals surface area contributed by atoms with Crippen molar-refractivity contribution in [3.8, 4) is 22.8 Å². The number of β-lactam (4-membered cyclic amide) rings is 2. The number of hydrogen-bond donors (Lipinski definition) is 4. The summed E-state index contributed by atoms with van der Waals surface area (Å²) in [4.78, 5) is 76.6. The number of amides is 4. The monoisotopic (exact) mass is 833 g/mol. The standard InChI is InChI=1S/C19H17ClFN3O5S.C17H20N2O6S/c1-7-10(12(23-29-7)11-8(20)5-4-6-9(11)21)15(25)22-13-16(26)24-14(18(27)28)19(2,3)30-17(13)24;1-17(2)12(16(22)23)19-14(21)11(15(19)26-17)18-13(20)10-8(24-3)6-5-7-9(10)25-4/h4-6,13-14,17H,1-3H3,(H,22,25)(H,27,28);5-7,11-12,15H,1-4H3,(H,18,20)(H,22,23)/t13-,14+,17-;11-,12+,15-/m11/s1. The Kier molecular flexibility index (Phi) is 10.8. The molecule has 0 spiro atoms. The van der Waals surface area contributed by atoms with Gasteiger partial charge in [-0.1, -0.05) is 28.9 Å². The van der Waals surface area contributed by atoms with Crippen molar-refractivity contribution in [1.82, 2.24) is 25.6 Å². The van der Waals surface area contributed by atoms with E-state index in [0.29, 0.717) is 11.5 Å². The Bertz CT molecular complexity index is 2120. The van der Waals surface area contributed by atoms with Crippen LogP contribution in [0.25, 0.3) is 11.3 Å². The fraction of sp³-hybridized carbons (Fsp3) is 0.417. The van der Waals surface area contributed by atoms with E-state index in [4.69, 9.17) is 25.6 Å². The van der Waals surface area contributed by atoms with E-state index in [2.05, 4.69) is 15.8 Å². The molecule has 16 nitrogen and oxygen atoms in total. The maximum Gasteiger partial charge on any atom is 0.327 e. The van der Waals surface area contributed by atoms with Gasteiger partial charge < -0.3 is 44.6 Å². The minimum Gasteiger partial charge on any atom is -0.496 e. The van der Waals surface area contributed by atoms with E-state index in [9.17, 15) is 43.4 Å². The van der Waals surface area contributed by atoms with E-state index in [-0.39, 0.29) is 33.2 Å². The number of nitrogens with zero attached hydrogens (tertiary/aromatic N) is 3. The number of carboxylic acids is 2. The average molecular weight is 834 g/mol. The first kappa shape index (κ1) is 40.6. The smallest absolute Gasteiger partial charge is 0.327 e. The lowest BCUT2D eigenvalue weighted by molar-refractivity contribution is -0.159. The van der Waals surface area contributed by atoms with E-state index in [1.807, 2.05) is 0 Å². The third kappa shape index (κ3) is 6.68. The highest BCUT2D eigenvalue weighted by molar-refractivity contribution is 8.02. The average Bonchev–Trinajstić information content (AvgIpc) is 3.73. The van der Waals surface area contributed by atoms with E-state index >= 15 is 0 Å². The van der Waals surface area contributed by atoms with Gasteiger partial charge in [-0.2, -0.15) is 0 Å². The molecule has 298 valence electrons. The molecule has 0 radical (unpaired) electrons. The fourth-order valence-electron chi connectivity index (χ4n) is 7.33. The summed E-state index contributed by atoms with van der Waals surface area (Å²) in [5.41, 5.74) is 0.00988. The normalized spacial score (nSPS) is 25.1. The molecule has 4 saturated heterocycles. The highest BCUT2D eigenvalue weighted by Crippen LogP contribution is 2.52. The van der Waals surface area contributed by atoms with Gasteiger partial charge in [0.05, 0.1) is 24.8 Å². The molecule has 4 aliphatic heterocycles. The second-order valence-corrected chi connectivity index (χ2v) is 18.1. The molecule has 0 aliphatic carbocycles.